The molecule has 0 unspecified atom stereocenters. The summed E-state index contributed by atoms with van der Waals surface area (Å²) >= 11 is 7.41. The van der Waals surface area contributed by atoms with Crippen LogP contribution in [0.3, 0.4) is 0 Å². The molecule has 1 aliphatic carbocycles. The van der Waals surface area contributed by atoms with Crippen LogP contribution in [-0.2, 0) is 35.5 Å². The first-order valence-corrected chi connectivity index (χ1v) is 11.5. The summed E-state index contributed by atoms with van der Waals surface area (Å²) in [7, 11) is 0. The van der Waals surface area contributed by atoms with Crippen molar-refractivity contribution in [1.82, 2.24) is 9.13 Å². The van der Waals surface area contributed by atoms with E-state index in [0.717, 1.165) is 39.8 Å². The Morgan fingerprint density at radius 2 is 1.78 bits per heavy atom. The molecule has 0 aliphatic heterocycles. The van der Waals surface area contributed by atoms with Crippen LogP contribution in [0.15, 0.2) is 64.2 Å². The summed E-state index contributed by atoms with van der Waals surface area (Å²) in [5.74, 6) is -0.535. The second kappa shape index (κ2) is 8.41. The minimum atomic E-state index is -0.568. The highest BCUT2D eigenvalue weighted by molar-refractivity contribution is 7.19. The number of halogens is 1. The second-order valence-electron chi connectivity index (χ2n) is 7.67. The van der Waals surface area contributed by atoms with Crippen molar-refractivity contribution in [2.45, 2.75) is 32.4 Å². The molecule has 2 aromatic heterocycles. The summed E-state index contributed by atoms with van der Waals surface area (Å²) in [6, 6.07) is 15.9. The van der Waals surface area contributed by atoms with Crippen LogP contribution in [0.5, 0.6) is 0 Å². The molecule has 2 heterocycles. The van der Waals surface area contributed by atoms with Crippen molar-refractivity contribution in [1.29, 1.82) is 0 Å². The fourth-order valence-corrected chi connectivity index (χ4v) is 5.58. The molecule has 0 spiro atoms. The SMILES string of the molecule is O=C(Cn1c(=O)n(-c2ccc(Cl)cc2)c(=O)c2c3c(sc21)CCC3)OCc1ccccc1. The summed E-state index contributed by atoms with van der Waals surface area (Å²) in [6.45, 7) is -0.148. The fraction of sp³-hybridized carbons (Fsp3) is 0.208. The van der Waals surface area contributed by atoms with Gasteiger partial charge in [-0.1, -0.05) is 41.9 Å². The Labute approximate surface area is 192 Å². The molecule has 4 aromatic rings. The molecule has 0 radical (unpaired) electrons. The number of rotatable bonds is 5. The van der Waals surface area contributed by atoms with Crippen LogP contribution in [-0.4, -0.2) is 15.1 Å². The maximum absolute atomic E-state index is 13.4. The van der Waals surface area contributed by atoms with Crippen LogP contribution in [0, 0.1) is 0 Å². The number of ether oxygens (including phenoxy) is 1. The Kier molecular flexibility index (Phi) is 5.45. The first kappa shape index (κ1) is 20.7. The minimum absolute atomic E-state index is 0.120. The number of benzene rings is 2. The molecule has 162 valence electrons. The van der Waals surface area contributed by atoms with Crippen molar-refractivity contribution in [2.75, 3.05) is 0 Å². The van der Waals surface area contributed by atoms with Gasteiger partial charge in [-0.15, -0.1) is 11.3 Å². The normalized spacial score (nSPS) is 12.8. The standard InChI is InChI=1S/C24H19ClN2O4S/c25-16-9-11-17(12-10-16)27-22(29)21-18-7-4-8-19(18)32-23(21)26(24(27)30)13-20(28)31-14-15-5-2-1-3-6-15/h1-3,5-6,9-12H,4,7-8,13-14H2. The number of nitrogens with zero attached hydrogens (tertiary/aromatic N) is 2. The summed E-state index contributed by atoms with van der Waals surface area (Å²) < 4.78 is 7.89. The molecule has 0 N–H and O–H groups in total. The van der Waals surface area contributed by atoms with Gasteiger partial charge in [0.15, 0.2) is 0 Å². The molecule has 6 nitrogen and oxygen atoms in total. The number of carbonyl (C=O) groups excluding carboxylic acids is 1. The molecule has 32 heavy (non-hydrogen) atoms. The van der Waals surface area contributed by atoms with Crippen LogP contribution in [0.2, 0.25) is 5.02 Å². The average molecular weight is 467 g/mol. The van der Waals surface area contributed by atoms with Gasteiger partial charge in [0.25, 0.3) is 5.56 Å². The van der Waals surface area contributed by atoms with Crippen molar-refractivity contribution in [2.24, 2.45) is 0 Å². The van der Waals surface area contributed by atoms with Crippen LogP contribution >= 0.6 is 22.9 Å². The average Bonchev–Trinajstić information content (AvgIpc) is 3.39. The number of carbonyl (C=O) groups is 1. The Morgan fingerprint density at radius 1 is 1.03 bits per heavy atom. The lowest BCUT2D eigenvalue weighted by molar-refractivity contribution is -0.145. The van der Waals surface area contributed by atoms with Crippen molar-refractivity contribution >= 4 is 39.1 Å². The van der Waals surface area contributed by atoms with Crippen LogP contribution < -0.4 is 11.2 Å². The molecule has 0 atom stereocenters. The Bertz CT molecular complexity index is 1440. The summed E-state index contributed by atoms with van der Waals surface area (Å²) in [5, 5.41) is 1.03. The van der Waals surface area contributed by atoms with Crippen molar-refractivity contribution in [3.05, 3.63) is 96.5 Å². The van der Waals surface area contributed by atoms with Gasteiger partial charge in [0.1, 0.15) is 18.0 Å². The molecule has 0 fully saturated rings. The maximum Gasteiger partial charge on any atom is 0.337 e. The summed E-state index contributed by atoms with van der Waals surface area (Å²) in [5.41, 5.74) is 1.33. The topological polar surface area (TPSA) is 70.3 Å². The van der Waals surface area contributed by atoms with E-state index in [0.29, 0.717) is 20.9 Å². The number of thiophene rings is 1. The van der Waals surface area contributed by atoms with Gasteiger partial charge in [0.2, 0.25) is 0 Å². The van der Waals surface area contributed by atoms with E-state index in [4.69, 9.17) is 16.3 Å². The monoisotopic (exact) mass is 466 g/mol. The molecule has 2 aromatic carbocycles. The largest absolute Gasteiger partial charge is 0.459 e. The van der Waals surface area contributed by atoms with Crippen LogP contribution in [0.25, 0.3) is 15.9 Å². The number of hydrogen-bond acceptors (Lipinski definition) is 5. The third-order valence-electron chi connectivity index (χ3n) is 5.60. The van der Waals surface area contributed by atoms with Crippen molar-refractivity contribution in [3.63, 3.8) is 0 Å². The molecule has 0 saturated carbocycles. The first-order valence-electron chi connectivity index (χ1n) is 10.3. The molecule has 0 bridgehead atoms. The highest BCUT2D eigenvalue weighted by Gasteiger charge is 2.26. The number of aromatic nitrogens is 2. The van der Waals surface area contributed by atoms with E-state index in [1.165, 1.54) is 15.9 Å². The predicted molar refractivity (Wildman–Crippen MR) is 125 cm³/mol. The second-order valence-corrected chi connectivity index (χ2v) is 9.19. The summed E-state index contributed by atoms with van der Waals surface area (Å²) in [4.78, 5) is 41.1. The quantitative estimate of drug-likeness (QED) is 0.415. The molecule has 0 amide bonds. The smallest absolute Gasteiger partial charge is 0.337 e. The zero-order valence-electron chi connectivity index (χ0n) is 17.0. The lowest BCUT2D eigenvalue weighted by atomic mass is 10.2. The van der Waals surface area contributed by atoms with E-state index in [9.17, 15) is 14.4 Å². The third-order valence-corrected chi connectivity index (χ3v) is 7.17. The zero-order chi connectivity index (χ0) is 22.2. The van der Waals surface area contributed by atoms with Gasteiger partial charge in [0.05, 0.1) is 11.1 Å². The Balaban J connectivity index is 1.60. The van der Waals surface area contributed by atoms with E-state index >= 15 is 0 Å². The van der Waals surface area contributed by atoms with Crippen molar-refractivity contribution in [3.8, 4) is 5.69 Å². The molecule has 8 heteroatoms. The van der Waals surface area contributed by atoms with E-state index in [1.807, 2.05) is 30.3 Å². The van der Waals surface area contributed by atoms with E-state index in [2.05, 4.69) is 0 Å². The lowest BCUT2D eigenvalue weighted by Crippen LogP contribution is -2.40. The van der Waals surface area contributed by atoms with Gasteiger partial charge in [-0.3, -0.25) is 14.2 Å². The minimum Gasteiger partial charge on any atom is -0.459 e. The van der Waals surface area contributed by atoms with Crippen LogP contribution in [0.1, 0.15) is 22.4 Å². The number of hydrogen-bond donors (Lipinski definition) is 0. The third kappa shape index (κ3) is 3.67. The van der Waals surface area contributed by atoms with Gasteiger partial charge in [-0.2, -0.15) is 0 Å². The van der Waals surface area contributed by atoms with Crippen LogP contribution in [0.4, 0.5) is 0 Å². The molecule has 0 saturated heterocycles. The first-order chi connectivity index (χ1) is 15.5. The highest BCUT2D eigenvalue weighted by atomic mass is 35.5. The maximum atomic E-state index is 13.4. The predicted octanol–water partition coefficient (Wildman–Crippen LogP) is 4.10. The molecular formula is C24H19ClN2O4S. The fourth-order valence-electron chi connectivity index (χ4n) is 4.08. The number of esters is 1. The highest BCUT2D eigenvalue weighted by Crippen LogP contribution is 2.35. The molecule has 5 rings (SSSR count). The van der Waals surface area contributed by atoms with Gasteiger partial charge in [-0.25, -0.2) is 9.36 Å². The van der Waals surface area contributed by atoms with Gasteiger partial charge in [0, 0.05) is 9.90 Å². The van der Waals surface area contributed by atoms with Gasteiger partial charge >= 0.3 is 11.7 Å². The van der Waals surface area contributed by atoms with Gasteiger partial charge < -0.3 is 4.74 Å². The lowest BCUT2D eigenvalue weighted by Gasteiger charge is -2.13. The van der Waals surface area contributed by atoms with E-state index in [1.54, 1.807) is 24.3 Å². The Morgan fingerprint density at radius 3 is 2.53 bits per heavy atom. The van der Waals surface area contributed by atoms with E-state index < -0.39 is 11.7 Å². The van der Waals surface area contributed by atoms with Crippen molar-refractivity contribution < 1.29 is 9.53 Å². The number of fused-ring (bicyclic) bond motifs is 3. The molecular weight excluding hydrogens is 448 g/mol. The van der Waals surface area contributed by atoms with Gasteiger partial charge in [-0.05, 0) is 54.7 Å². The summed E-state index contributed by atoms with van der Waals surface area (Å²) in [6.07, 6.45) is 2.65. The Hall–Kier alpha value is -3.16. The number of aryl methyl sites for hydroxylation is 2. The van der Waals surface area contributed by atoms with E-state index in [-0.39, 0.29) is 18.7 Å². The zero-order valence-corrected chi connectivity index (χ0v) is 18.6. The molecule has 1 aliphatic rings.